The van der Waals surface area contributed by atoms with Crippen LogP contribution in [0.3, 0.4) is 0 Å². The van der Waals surface area contributed by atoms with Crippen LogP contribution in [0.25, 0.3) is 0 Å². The molecule has 0 aliphatic rings. The Morgan fingerprint density at radius 2 is 1.97 bits per heavy atom. The monoisotopic (exact) mass is 407 g/mol. The lowest BCUT2D eigenvalue weighted by molar-refractivity contribution is -0.117. The third-order valence-corrected chi connectivity index (χ3v) is 4.63. The Morgan fingerprint density at radius 1 is 1.23 bits per heavy atom. The van der Waals surface area contributed by atoms with Crippen molar-refractivity contribution in [3.63, 3.8) is 0 Å². The molecule has 0 fully saturated rings. The van der Waals surface area contributed by atoms with Crippen molar-refractivity contribution in [1.82, 2.24) is 10.6 Å². The fourth-order valence-corrected chi connectivity index (χ4v) is 2.95. The fourth-order valence-electron chi connectivity index (χ4n) is 2.95. The maximum absolute atomic E-state index is 12.4. The molecule has 0 radical (unpaired) electrons. The normalized spacial score (nSPS) is 11.9. The van der Waals surface area contributed by atoms with Gasteiger partial charge in [-0.1, -0.05) is 29.8 Å². The van der Waals surface area contributed by atoms with Crippen molar-refractivity contribution in [3.8, 4) is 17.6 Å². The van der Waals surface area contributed by atoms with E-state index >= 15 is 0 Å². The fraction of sp³-hybridized carbons (Fsp3) is 0.333. The minimum absolute atomic E-state index is 0.0298. The van der Waals surface area contributed by atoms with E-state index < -0.39 is 5.91 Å². The van der Waals surface area contributed by atoms with Gasteiger partial charge in [0.05, 0.1) is 19.8 Å². The van der Waals surface area contributed by atoms with Crippen molar-refractivity contribution in [3.05, 3.63) is 70.9 Å². The topological polar surface area (TPSA) is 83.4 Å². The molecule has 1 atom stereocenters. The molecule has 0 saturated carbocycles. The Hall–Kier alpha value is -3.46. The summed E-state index contributed by atoms with van der Waals surface area (Å²) in [4.78, 5) is 12.4. The van der Waals surface area contributed by atoms with Crippen LogP contribution in [-0.4, -0.2) is 26.2 Å². The Kier molecular flexibility index (Phi) is 8.76. The summed E-state index contributed by atoms with van der Waals surface area (Å²) in [6.07, 6.45) is 2.13. The van der Waals surface area contributed by atoms with Gasteiger partial charge in [0.15, 0.2) is 0 Å². The zero-order valence-electron chi connectivity index (χ0n) is 18.0. The van der Waals surface area contributed by atoms with Crippen LogP contribution in [0, 0.1) is 18.3 Å². The SMILES string of the molecule is CCOc1ccc(C)cc1C(C)N/C=C(/C#N)C(=O)NCCc1ccc(OC)cc1. The number of aryl methyl sites for hydroxylation is 1. The summed E-state index contributed by atoms with van der Waals surface area (Å²) >= 11 is 0. The van der Waals surface area contributed by atoms with Crippen LogP contribution in [0.15, 0.2) is 54.2 Å². The highest BCUT2D eigenvalue weighted by molar-refractivity contribution is 5.97. The van der Waals surface area contributed by atoms with Crippen LogP contribution in [0.1, 0.15) is 36.6 Å². The first-order chi connectivity index (χ1) is 14.5. The third kappa shape index (κ3) is 6.56. The molecule has 6 nitrogen and oxygen atoms in total. The van der Waals surface area contributed by atoms with E-state index in [0.29, 0.717) is 19.6 Å². The lowest BCUT2D eigenvalue weighted by Crippen LogP contribution is -2.28. The van der Waals surface area contributed by atoms with Gasteiger partial charge in [-0.25, -0.2) is 0 Å². The summed E-state index contributed by atoms with van der Waals surface area (Å²) in [6, 6.07) is 15.5. The lowest BCUT2D eigenvalue weighted by atomic mass is 10.0. The zero-order valence-corrected chi connectivity index (χ0v) is 18.0. The first kappa shape index (κ1) is 22.8. The number of benzene rings is 2. The second-order valence-corrected chi connectivity index (χ2v) is 6.89. The van der Waals surface area contributed by atoms with Crippen LogP contribution in [0.5, 0.6) is 11.5 Å². The van der Waals surface area contributed by atoms with Crippen molar-refractivity contribution in [1.29, 1.82) is 5.26 Å². The Balaban J connectivity index is 1.95. The predicted molar refractivity (Wildman–Crippen MR) is 117 cm³/mol. The number of nitrogens with zero attached hydrogens (tertiary/aromatic N) is 1. The van der Waals surface area contributed by atoms with Gasteiger partial charge in [-0.15, -0.1) is 0 Å². The molecule has 0 bridgehead atoms. The number of hydrogen-bond donors (Lipinski definition) is 2. The molecule has 0 aromatic heterocycles. The second kappa shape index (κ2) is 11.5. The average Bonchev–Trinajstić information content (AvgIpc) is 2.76. The highest BCUT2D eigenvalue weighted by Gasteiger charge is 2.13. The average molecular weight is 408 g/mol. The maximum Gasteiger partial charge on any atom is 0.263 e. The first-order valence-corrected chi connectivity index (χ1v) is 9.99. The van der Waals surface area contributed by atoms with Gasteiger partial charge in [0, 0.05) is 18.3 Å². The molecule has 0 saturated heterocycles. The molecule has 1 amide bonds. The molecule has 0 heterocycles. The molecule has 1 unspecified atom stereocenters. The number of carbonyl (C=O) groups excluding carboxylic acids is 1. The van der Waals surface area contributed by atoms with Gasteiger partial charge in [-0.2, -0.15) is 5.26 Å². The summed E-state index contributed by atoms with van der Waals surface area (Å²) < 4.78 is 10.8. The molecule has 2 rings (SSSR count). The van der Waals surface area contributed by atoms with E-state index in [1.54, 1.807) is 7.11 Å². The number of methoxy groups -OCH3 is 1. The number of hydrogen-bond acceptors (Lipinski definition) is 5. The van der Waals surface area contributed by atoms with E-state index in [0.717, 1.165) is 28.2 Å². The van der Waals surface area contributed by atoms with E-state index in [4.69, 9.17) is 9.47 Å². The number of nitriles is 1. The van der Waals surface area contributed by atoms with Crippen LogP contribution in [0.4, 0.5) is 0 Å². The molecular weight excluding hydrogens is 378 g/mol. The summed E-state index contributed by atoms with van der Waals surface area (Å²) in [5.74, 6) is 1.18. The molecule has 2 aromatic rings. The third-order valence-electron chi connectivity index (χ3n) is 4.63. The standard InChI is InChI=1S/C24H29N3O3/c1-5-30-23-11-6-17(2)14-22(23)18(3)27-16-20(15-25)24(28)26-13-12-19-7-9-21(29-4)10-8-19/h6-11,14,16,18,27H,5,12-13H2,1-4H3,(H,26,28)/b20-16-. The largest absolute Gasteiger partial charge is 0.497 e. The van der Waals surface area contributed by atoms with Crippen molar-refractivity contribution in [2.45, 2.75) is 33.2 Å². The minimum Gasteiger partial charge on any atom is -0.497 e. The van der Waals surface area contributed by atoms with Gasteiger partial charge < -0.3 is 20.1 Å². The second-order valence-electron chi connectivity index (χ2n) is 6.89. The molecule has 158 valence electrons. The zero-order chi connectivity index (χ0) is 21.9. The molecule has 6 heteroatoms. The molecule has 0 spiro atoms. The van der Waals surface area contributed by atoms with Crippen LogP contribution in [0.2, 0.25) is 0 Å². The van der Waals surface area contributed by atoms with Gasteiger partial charge >= 0.3 is 0 Å². The maximum atomic E-state index is 12.4. The number of nitrogens with one attached hydrogen (secondary N) is 2. The highest BCUT2D eigenvalue weighted by atomic mass is 16.5. The number of carbonyl (C=O) groups is 1. The van der Waals surface area contributed by atoms with E-state index in [-0.39, 0.29) is 11.6 Å². The summed E-state index contributed by atoms with van der Waals surface area (Å²) in [5, 5.41) is 15.3. The summed E-state index contributed by atoms with van der Waals surface area (Å²) in [5.41, 5.74) is 3.20. The lowest BCUT2D eigenvalue weighted by Gasteiger charge is -2.18. The number of amides is 1. The van der Waals surface area contributed by atoms with Gasteiger partial charge in [0.2, 0.25) is 0 Å². The Labute approximate surface area is 178 Å². The number of ether oxygens (including phenoxy) is 2. The van der Waals surface area contributed by atoms with E-state index in [1.807, 2.05) is 69.3 Å². The first-order valence-electron chi connectivity index (χ1n) is 9.99. The summed E-state index contributed by atoms with van der Waals surface area (Å²) in [7, 11) is 1.62. The molecule has 2 N–H and O–H groups in total. The highest BCUT2D eigenvalue weighted by Crippen LogP contribution is 2.26. The summed E-state index contributed by atoms with van der Waals surface area (Å²) in [6.45, 7) is 6.92. The molecule has 0 aliphatic carbocycles. The van der Waals surface area contributed by atoms with Crippen molar-refractivity contribution in [2.24, 2.45) is 0 Å². The minimum atomic E-state index is -0.403. The Bertz CT molecular complexity index is 914. The predicted octanol–water partition coefficient (Wildman–Crippen LogP) is 3.82. The molecule has 2 aromatic carbocycles. The smallest absolute Gasteiger partial charge is 0.263 e. The molecule has 30 heavy (non-hydrogen) atoms. The van der Waals surface area contributed by atoms with E-state index in [2.05, 4.69) is 10.6 Å². The molecular formula is C24H29N3O3. The quantitative estimate of drug-likeness (QED) is 0.462. The van der Waals surface area contributed by atoms with Gasteiger partial charge in [0.1, 0.15) is 23.1 Å². The molecule has 0 aliphatic heterocycles. The van der Waals surface area contributed by atoms with E-state index in [9.17, 15) is 10.1 Å². The van der Waals surface area contributed by atoms with Gasteiger partial charge in [0.25, 0.3) is 5.91 Å². The van der Waals surface area contributed by atoms with Crippen LogP contribution in [-0.2, 0) is 11.2 Å². The van der Waals surface area contributed by atoms with Crippen LogP contribution < -0.4 is 20.1 Å². The van der Waals surface area contributed by atoms with Crippen LogP contribution >= 0.6 is 0 Å². The van der Waals surface area contributed by atoms with Gasteiger partial charge in [-0.3, -0.25) is 4.79 Å². The van der Waals surface area contributed by atoms with Crippen molar-refractivity contribution in [2.75, 3.05) is 20.3 Å². The van der Waals surface area contributed by atoms with Crippen molar-refractivity contribution < 1.29 is 14.3 Å². The van der Waals surface area contributed by atoms with E-state index in [1.165, 1.54) is 6.20 Å². The Morgan fingerprint density at radius 3 is 2.60 bits per heavy atom. The van der Waals surface area contributed by atoms with Gasteiger partial charge in [-0.05, 0) is 51.0 Å². The van der Waals surface area contributed by atoms with Crippen molar-refractivity contribution >= 4 is 5.91 Å². The number of rotatable bonds is 10.